The maximum atomic E-state index is 5.32. The summed E-state index contributed by atoms with van der Waals surface area (Å²) in [4.78, 5) is 3.94. The van der Waals surface area contributed by atoms with E-state index in [0.717, 1.165) is 22.6 Å². The zero-order chi connectivity index (χ0) is 13.9. The van der Waals surface area contributed by atoms with Crippen LogP contribution in [0.2, 0.25) is 0 Å². The van der Waals surface area contributed by atoms with Crippen LogP contribution in [0.1, 0.15) is 18.5 Å². The second-order valence-corrected chi connectivity index (χ2v) is 4.76. The molecule has 0 aliphatic heterocycles. The number of benzene rings is 1. The quantitative estimate of drug-likeness (QED) is 0.789. The van der Waals surface area contributed by atoms with Crippen molar-refractivity contribution in [1.82, 2.24) is 14.8 Å². The van der Waals surface area contributed by atoms with E-state index in [1.807, 2.05) is 43.7 Å². The van der Waals surface area contributed by atoms with Crippen molar-refractivity contribution in [2.45, 2.75) is 13.0 Å². The number of hydrogen-bond donors (Lipinski definition) is 1. The Morgan fingerprint density at radius 2 is 2.20 bits per heavy atom. The Morgan fingerprint density at radius 3 is 2.90 bits per heavy atom. The summed E-state index contributed by atoms with van der Waals surface area (Å²) in [6.07, 6.45) is 7.04. The van der Waals surface area contributed by atoms with E-state index < -0.39 is 0 Å². The summed E-state index contributed by atoms with van der Waals surface area (Å²) < 4.78 is 7.12. The topological polar surface area (TPSA) is 55.9 Å². The van der Waals surface area contributed by atoms with Crippen LogP contribution >= 0.6 is 0 Å². The SMILES string of the molecule is CC(Nc1cccc(-c2cnco2)c1)c1cnn(C)c1. The lowest BCUT2D eigenvalue weighted by Crippen LogP contribution is -2.05. The largest absolute Gasteiger partial charge is 0.444 e. The van der Waals surface area contributed by atoms with Crippen LogP contribution in [0.3, 0.4) is 0 Å². The number of oxazole rings is 1. The van der Waals surface area contributed by atoms with E-state index >= 15 is 0 Å². The van der Waals surface area contributed by atoms with Crippen molar-refractivity contribution in [3.63, 3.8) is 0 Å². The van der Waals surface area contributed by atoms with E-state index in [-0.39, 0.29) is 6.04 Å². The molecule has 0 aliphatic rings. The molecule has 1 aromatic carbocycles. The van der Waals surface area contributed by atoms with Gasteiger partial charge in [-0.15, -0.1) is 0 Å². The van der Waals surface area contributed by atoms with E-state index in [9.17, 15) is 0 Å². The summed E-state index contributed by atoms with van der Waals surface area (Å²) in [6.45, 7) is 2.11. The minimum absolute atomic E-state index is 0.189. The van der Waals surface area contributed by atoms with Gasteiger partial charge >= 0.3 is 0 Å². The lowest BCUT2D eigenvalue weighted by molar-refractivity contribution is 0.572. The van der Waals surface area contributed by atoms with E-state index in [1.165, 1.54) is 6.39 Å². The van der Waals surface area contributed by atoms with Gasteiger partial charge in [-0.3, -0.25) is 4.68 Å². The molecule has 5 heteroatoms. The number of aromatic nitrogens is 3. The summed E-state index contributed by atoms with van der Waals surface area (Å²) in [5.41, 5.74) is 3.19. The van der Waals surface area contributed by atoms with Gasteiger partial charge in [-0.1, -0.05) is 12.1 Å². The number of anilines is 1. The van der Waals surface area contributed by atoms with E-state index in [2.05, 4.69) is 22.3 Å². The van der Waals surface area contributed by atoms with Crippen LogP contribution in [0.5, 0.6) is 0 Å². The molecule has 5 nitrogen and oxygen atoms in total. The number of rotatable bonds is 4. The fourth-order valence-corrected chi connectivity index (χ4v) is 2.12. The Morgan fingerprint density at radius 1 is 1.30 bits per heavy atom. The van der Waals surface area contributed by atoms with Crippen molar-refractivity contribution < 1.29 is 4.42 Å². The first-order valence-corrected chi connectivity index (χ1v) is 6.46. The van der Waals surface area contributed by atoms with Crippen LogP contribution in [-0.4, -0.2) is 14.8 Å². The highest BCUT2D eigenvalue weighted by Gasteiger charge is 2.08. The Kier molecular flexibility index (Phi) is 3.25. The molecule has 0 radical (unpaired) electrons. The molecule has 1 unspecified atom stereocenters. The van der Waals surface area contributed by atoms with E-state index in [1.54, 1.807) is 10.9 Å². The molecule has 0 fully saturated rings. The van der Waals surface area contributed by atoms with Crippen LogP contribution in [0.25, 0.3) is 11.3 Å². The molecule has 0 bridgehead atoms. The first kappa shape index (κ1) is 12.5. The number of nitrogens with zero attached hydrogens (tertiary/aromatic N) is 3. The van der Waals surface area contributed by atoms with Crippen molar-refractivity contribution in [2.24, 2.45) is 7.05 Å². The highest BCUT2D eigenvalue weighted by Crippen LogP contribution is 2.24. The molecule has 0 saturated heterocycles. The molecule has 2 heterocycles. The first-order valence-electron chi connectivity index (χ1n) is 6.46. The molecular weight excluding hydrogens is 252 g/mol. The standard InChI is InChI=1S/C15H16N4O/c1-11(13-7-17-19(2)9-13)18-14-5-3-4-12(6-14)15-8-16-10-20-15/h3-11,18H,1-2H3. The summed E-state index contributed by atoms with van der Waals surface area (Å²) in [6, 6.07) is 8.27. The minimum Gasteiger partial charge on any atom is -0.444 e. The van der Waals surface area contributed by atoms with Gasteiger partial charge in [0.25, 0.3) is 0 Å². The summed E-state index contributed by atoms with van der Waals surface area (Å²) in [5, 5.41) is 7.65. The fraction of sp³-hybridized carbons (Fsp3) is 0.200. The maximum Gasteiger partial charge on any atom is 0.181 e. The molecule has 20 heavy (non-hydrogen) atoms. The molecule has 1 atom stereocenters. The lowest BCUT2D eigenvalue weighted by atomic mass is 10.1. The fourth-order valence-electron chi connectivity index (χ4n) is 2.12. The third-order valence-corrected chi connectivity index (χ3v) is 3.19. The Balaban J connectivity index is 1.79. The van der Waals surface area contributed by atoms with Crippen LogP contribution in [0.4, 0.5) is 5.69 Å². The third-order valence-electron chi connectivity index (χ3n) is 3.19. The van der Waals surface area contributed by atoms with Gasteiger partial charge in [-0.05, 0) is 19.1 Å². The van der Waals surface area contributed by atoms with Crippen LogP contribution in [-0.2, 0) is 7.05 Å². The molecule has 0 amide bonds. The number of hydrogen-bond acceptors (Lipinski definition) is 4. The summed E-state index contributed by atoms with van der Waals surface area (Å²) in [5.74, 6) is 0.766. The van der Waals surface area contributed by atoms with Gasteiger partial charge in [0.15, 0.2) is 12.2 Å². The first-order chi connectivity index (χ1) is 9.72. The molecule has 0 aliphatic carbocycles. The van der Waals surface area contributed by atoms with Crippen molar-refractivity contribution in [3.8, 4) is 11.3 Å². The molecule has 3 aromatic rings. The molecule has 0 saturated carbocycles. The predicted molar refractivity (Wildman–Crippen MR) is 77.2 cm³/mol. The van der Waals surface area contributed by atoms with Crippen molar-refractivity contribution >= 4 is 5.69 Å². The van der Waals surface area contributed by atoms with Crippen LogP contribution in [0.15, 0.2) is 53.7 Å². The van der Waals surface area contributed by atoms with Crippen LogP contribution < -0.4 is 5.32 Å². The van der Waals surface area contributed by atoms with Crippen LogP contribution in [0, 0.1) is 0 Å². The zero-order valence-corrected chi connectivity index (χ0v) is 11.4. The zero-order valence-electron chi connectivity index (χ0n) is 11.4. The van der Waals surface area contributed by atoms with E-state index in [0.29, 0.717) is 0 Å². The Hall–Kier alpha value is -2.56. The third kappa shape index (κ3) is 2.56. The summed E-state index contributed by atoms with van der Waals surface area (Å²) >= 11 is 0. The monoisotopic (exact) mass is 268 g/mol. The Labute approximate surface area is 117 Å². The van der Waals surface area contributed by atoms with E-state index in [4.69, 9.17) is 4.42 Å². The number of nitrogens with one attached hydrogen (secondary N) is 1. The van der Waals surface area contributed by atoms with Crippen molar-refractivity contribution in [1.29, 1.82) is 0 Å². The van der Waals surface area contributed by atoms with Gasteiger partial charge in [0, 0.05) is 30.1 Å². The highest BCUT2D eigenvalue weighted by atomic mass is 16.3. The molecule has 3 rings (SSSR count). The molecule has 0 spiro atoms. The smallest absolute Gasteiger partial charge is 0.181 e. The lowest BCUT2D eigenvalue weighted by Gasteiger charge is -2.14. The molecule has 1 N–H and O–H groups in total. The average molecular weight is 268 g/mol. The minimum atomic E-state index is 0.189. The predicted octanol–water partition coefficient (Wildman–Crippen LogP) is 3.25. The second-order valence-electron chi connectivity index (χ2n) is 4.76. The molecule has 2 aromatic heterocycles. The van der Waals surface area contributed by atoms with Gasteiger partial charge < -0.3 is 9.73 Å². The molecular formula is C15H16N4O. The summed E-state index contributed by atoms with van der Waals surface area (Å²) in [7, 11) is 1.92. The molecule has 102 valence electrons. The second kappa shape index (κ2) is 5.21. The van der Waals surface area contributed by atoms with Gasteiger partial charge in [-0.25, -0.2) is 4.98 Å². The maximum absolute atomic E-state index is 5.32. The normalized spacial score (nSPS) is 12.3. The average Bonchev–Trinajstić information content (AvgIpc) is 3.10. The highest BCUT2D eigenvalue weighted by molar-refractivity contribution is 5.63. The number of aryl methyl sites for hydroxylation is 1. The van der Waals surface area contributed by atoms with Gasteiger partial charge in [-0.2, -0.15) is 5.10 Å². The van der Waals surface area contributed by atoms with Gasteiger partial charge in [0.2, 0.25) is 0 Å². The van der Waals surface area contributed by atoms with Crippen molar-refractivity contribution in [2.75, 3.05) is 5.32 Å². The van der Waals surface area contributed by atoms with Crippen molar-refractivity contribution in [3.05, 3.63) is 54.8 Å². The Bertz CT molecular complexity index is 687. The van der Waals surface area contributed by atoms with Gasteiger partial charge in [0.05, 0.1) is 18.4 Å². The van der Waals surface area contributed by atoms with Gasteiger partial charge in [0.1, 0.15) is 0 Å².